The van der Waals surface area contributed by atoms with Gasteiger partial charge >= 0.3 is 0 Å². The molecule has 1 atom stereocenters. The minimum absolute atomic E-state index is 0.121. The van der Waals surface area contributed by atoms with Gasteiger partial charge in [-0.2, -0.15) is 0 Å². The van der Waals surface area contributed by atoms with Crippen LogP contribution in [0, 0.1) is 0 Å². The molecular formula is C26H22Cl2N2O2. The number of benzene rings is 3. The summed E-state index contributed by atoms with van der Waals surface area (Å²) in [6, 6.07) is 20.9. The van der Waals surface area contributed by atoms with Gasteiger partial charge in [-0.05, 0) is 67.6 Å². The molecular weight excluding hydrogens is 443 g/mol. The summed E-state index contributed by atoms with van der Waals surface area (Å²) >= 11 is 12.3. The highest BCUT2D eigenvalue weighted by molar-refractivity contribution is 6.39. The normalized spacial score (nSPS) is 16.7. The van der Waals surface area contributed by atoms with Crippen LogP contribution in [0.25, 0.3) is 0 Å². The average Bonchev–Trinajstić information content (AvgIpc) is 3.53. The molecule has 1 heterocycles. The zero-order valence-electron chi connectivity index (χ0n) is 17.6. The molecule has 6 heteroatoms. The van der Waals surface area contributed by atoms with Crippen molar-refractivity contribution in [2.24, 2.45) is 0 Å². The number of nitrogens with one attached hydrogen (secondary N) is 1. The van der Waals surface area contributed by atoms with Crippen molar-refractivity contribution in [2.75, 3.05) is 4.90 Å². The van der Waals surface area contributed by atoms with E-state index in [2.05, 4.69) is 11.4 Å². The van der Waals surface area contributed by atoms with Crippen LogP contribution in [0.3, 0.4) is 0 Å². The summed E-state index contributed by atoms with van der Waals surface area (Å²) in [4.78, 5) is 27.6. The van der Waals surface area contributed by atoms with E-state index in [1.54, 1.807) is 18.2 Å². The van der Waals surface area contributed by atoms with E-state index in [-0.39, 0.29) is 23.3 Å². The molecule has 0 aromatic heterocycles. The third-order valence-corrected chi connectivity index (χ3v) is 6.96. The maximum Gasteiger partial charge on any atom is 0.254 e. The molecule has 3 aromatic carbocycles. The van der Waals surface area contributed by atoms with Crippen LogP contribution in [0.2, 0.25) is 10.0 Å². The van der Waals surface area contributed by atoms with Crippen molar-refractivity contribution in [3.8, 4) is 0 Å². The second-order valence-corrected chi connectivity index (χ2v) is 9.40. The fourth-order valence-corrected chi connectivity index (χ4v) is 5.14. The second kappa shape index (κ2) is 7.95. The first-order chi connectivity index (χ1) is 15.4. The predicted molar refractivity (Wildman–Crippen MR) is 128 cm³/mol. The van der Waals surface area contributed by atoms with Crippen LogP contribution in [-0.4, -0.2) is 17.9 Å². The van der Waals surface area contributed by atoms with E-state index in [0.717, 1.165) is 35.3 Å². The van der Waals surface area contributed by atoms with E-state index in [4.69, 9.17) is 23.2 Å². The molecule has 162 valence electrons. The van der Waals surface area contributed by atoms with Gasteiger partial charge in [0.25, 0.3) is 5.91 Å². The first kappa shape index (κ1) is 21.0. The molecule has 1 aliphatic heterocycles. The van der Waals surface area contributed by atoms with Crippen molar-refractivity contribution in [1.29, 1.82) is 0 Å². The number of hydrogen-bond donors (Lipinski definition) is 1. The predicted octanol–water partition coefficient (Wildman–Crippen LogP) is 6.06. The molecule has 5 rings (SSSR count). The maximum absolute atomic E-state index is 13.2. The van der Waals surface area contributed by atoms with Gasteiger partial charge in [0.05, 0.1) is 26.7 Å². The fourth-order valence-electron chi connectivity index (χ4n) is 4.57. The van der Waals surface area contributed by atoms with Gasteiger partial charge < -0.3 is 5.32 Å². The number of amides is 2. The van der Waals surface area contributed by atoms with Crippen LogP contribution in [0.15, 0.2) is 66.7 Å². The van der Waals surface area contributed by atoms with Crippen molar-refractivity contribution >= 4 is 46.4 Å². The van der Waals surface area contributed by atoms with Gasteiger partial charge in [0, 0.05) is 11.7 Å². The highest BCUT2D eigenvalue weighted by atomic mass is 35.5. The molecule has 1 fully saturated rings. The summed E-state index contributed by atoms with van der Waals surface area (Å²) in [6.45, 7) is 1.94. The number of carbonyl (C=O) groups excluding carboxylic acids is 2. The van der Waals surface area contributed by atoms with Crippen molar-refractivity contribution in [2.45, 2.75) is 37.6 Å². The Labute approximate surface area is 197 Å². The summed E-state index contributed by atoms with van der Waals surface area (Å²) in [5.41, 5.74) is 4.04. The molecule has 3 aromatic rings. The molecule has 32 heavy (non-hydrogen) atoms. The molecule has 1 saturated carbocycles. The van der Waals surface area contributed by atoms with E-state index in [9.17, 15) is 9.59 Å². The minimum atomic E-state index is -0.311. The van der Waals surface area contributed by atoms with Gasteiger partial charge in [0.15, 0.2) is 0 Å². The van der Waals surface area contributed by atoms with Crippen LogP contribution in [0.4, 0.5) is 11.4 Å². The number of hydrogen-bond acceptors (Lipinski definition) is 2. The summed E-state index contributed by atoms with van der Waals surface area (Å²) in [5, 5.41) is 3.62. The standard InChI is InChI=1S/C26H22Cl2N2O2/c1-16(29-24(31)23-20(27)6-4-7-21(23)28)15-17-9-11-18(12-10-17)30-22-8-3-2-5-19(22)26(13-14-26)25(30)32/h2-12,16H,13-15H2,1H3,(H,29,31)/t16-/m0/s1. The molecule has 0 saturated heterocycles. The second-order valence-electron chi connectivity index (χ2n) is 8.58. The third kappa shape index (κ3) is 3.48. The quantitative estimate of drug-likeness (QED) is 0.498. The number of para-hydroxylation sites is 1. The van der Waals surface area contributed by atoms with Gasteiger partial charge in [0.2, 0.25) is 5.91 Å². The molecule has 0 bridgehead atoms. The molecule has 1 aliphatic carbocycles. The molecule has 0 radical (unpaired) electrons. The van der Waals surface area contributed by atoms with Gasteiger partial charge in [-0.15, -0.1) is 0 Å². The number of nitrogens with zero attached hydrogens (tertiary/aromatic N) is 1. The summed E-state index contributed by atoms with van der Waals surface area (Å²) in [6.07, 6.45) is 2.48. The highest BCUT2D eigenvalue weighted by Crippen LogP contribution is 2.58. The van der Waals surface area contributed by atoms with Crippen molar-refractivity contribution < 1.29 is 9.59 Å². The third-order valence-electron chi connectivity index (χ3n) is 6.33. The Bertz CT molecular complexity index is 1200. The largest absolute Gasteiger partial charge is 0.349 e. The van der Waals surface area contributed by atoms with E-state index >= 15 is 0 Å². The maximum atomic E-state index is 13.2. The lowest BCUT2D eigenvalue weighted by atomic mass is 9.98. The number of anilines is 2. The summed E-state index contributed by atoms with van der Waals surface area (Å²) < 4.78 is 0. The smallest absolute Gasteiger partial charge is 0.254 e. The minimum Gasteiger partial charge on any atom is -0.349 e. The lowest BCUT2D eigenvalue weighted by molar-refractivity contribution is -0.119. The van der Waals surface area contributed by atoms with E-state index in [1.165, 1.54) is 0 Å². The van der Waals surface area contributed by atoms with E-state index in [0.29, 0.717) is 22.0 Å². The number of rotatable bonds is 5. The lowest BCUT2D eigenvalue weighted by Gasteiger charge is -2.19. The first-order valence-electron chi connectivity index (χ1n) is 10.7. The van der Waals surface area contributed by atoms with E-state index < -0.39 is 0 Å². The van der Waals surface area contributed by atoms with Crippen LogP contribution in [0.1, 0.15) is 41.3 Å². The summed E-state index contributed by atoms with van der Waals surface area (Å²) in [7, 11) is 0. The van der Waals surface area contributed by atoms with Crippen molar-refractivity contribution in [1.82, 2.24) is 5.32 Å². The van der Waals surface area contributed by atoms with Gasteiger partial charge in [-0.3, -0.25) is 14.5 Å². The Kier molecular flexibility index (Phi) is 5.23. The van der Waals surface area contributed by atoms with Gasteiger partial charge in [0.1, 0.15) is 0 Å². The number of halogens is 2. The van der Waals surface area contributed by atoms with Crippen LogP contribution in [-0.2, 0) is 16.6 Å². The van der Waals surface area contributed by atoms with Crippen LogP contribution >= 0.6 is 23.2 Å². The molecule has 0 unspecified atom stereocenters. The highest BCUT2D eigenvalue weighted by Gasteiger charge is 2.59. The molecule has 1 N–H and O–H groups in total. The Balaban J connectivity index is 1.30. The SMILES string of the molecule is C[C@@H](Cc1ccc(N2C(=O)C3(CC3)c3ccccc32)cc1)NC(=O)c1c(Cl)cccc1Cl. The Hall–Kier alpha value is -2.82. The Morgan fingerprint density at radius 3 is 2.31 bits per heavy atom. The lowest BCUT2D eigenvalue weighted by Crippen LogP contribution is -2.34. The van der Waals surface area contributed by atoms with Gasteiger partial charge in [-0.25, -0.2) is 0 Å². The zero-order chi connectivity index (χ0) is 22.5. The fraction of sp³-hybridized carbons (Fsp3) is 0.231. The molecule has 4 nitrogen and oxygen atoms in total. The monoisotopic (exact) mass is 464 g/mol. The van der Waals surface area contributed by atoms with Gasteiger partial charge in [-0.1, -0.05) is 59.6 Å². The Morgan fingerprint density at radius 2 is 1.66 bits per heavy atom. The molecule has 1 spiro atoms. The summed E-state index contributed by atoms with van der Waals surface area (Å²) in [5.74, 6) is -0.123. The number of fused-ring (bicyclic) bond motifs is 2. The molecule has 2 aliphatic rings. The van der Waals surface area contributed by atoms with E-state index in [1.807, 2.05) is 54.3 Å². The van der Waals surface area contributed by atoms with Crippen molar-refractivity contribution in [3.63, 3.8) is 0 Å². The Morgan fingerprint density at radius 1 is 1.00 bits per heavy atom. The number of carbonyl (C=O) groups is 2. The first-order valence-corrected chi connectivity index (χ1v) is 11.4. The average molecular weight is 465 g/mol. The topological polar surface area (TPSA) is 49.4 Å². The van der Waals surface area contributed by atoms with Crippen molar-refractivity contribution in [3.05, 3.63) is 93.5 Å². The van der Waals surface area contributed by atoms with Crippen LogP contribution in [0.5, 0.6) is 0 Å². The molecule has 2 amide bonds. The zero-order valence-corrected chi connectivity index (χ0v) is 19.1. The van der Waals surface area contributed by atoms with Crippen LogP contribution < -0.4 is 10.2 Å².